The molecule has 0 aliphatic heterocycles. The summed E-state index contributed by atoms with van der Waals surface area (Å²) in [5, 5.41) is 4.29. The Morgan fingerprint density at radius 3 is 2.55 bits per heavy atom. The van der Waals surface area contributed by atoms with E-state index in [1.54, 1.807) is 23.7 Å². The van der Waals surface area contributed by atoms with E-state index in [9.17, 15) is 4.79 Å². The average Bonchev–Trinajstić information content (AvgIpc) is 2.87. The molecule has 1 heterocycles. The summed E-state index contributed by atoms with van der Waals surface area (Å²) >= 11 is 0. The Hall–Kier alpha value is -2.30. The molecule has 0 bridgehead atoms. The Balaban J connectivity index is 2.33. The van der Waals surface area contributed by atoms with Crippen LogP contribution in [0.2, 0.25) is 0 Å². The van der Waals surface area contributed by atoms with Crippen LogP contribution >= 0.6 is 0 Å². The van der Waals surface area contributed by atoms with E-state index in [1.165, 1.54) is 0 Å². The first-order valence-corrected chi connectivity index (χ1v) is 6.50. The molecule has 0 saturated heterocycles. The fraction of sp³-hybridized carbons (Fsp3) is 0.333. The Labute approximate surface area is 118 Å². The van der Waals surface area contributed by atoms with Crippen LogP contribution in [-0.4, -0.2) is 41.3 Å². The number of aryl methyl sites for hydroxylation is 1. The van der Waals surface area contributed by atoms with E-state index >= 15 is 0 Å². The largest absolute Gasteiger partial charge is 0.497 e. The van der Waals surface area contributed by atoms with E-state index in [1.807, 2.05) is 44.3 Å². The van der Waals surface area contributed by atoms with Crippen LogP contribution in [0.25, 0.3) is 11.3 Å². The fourth-order valence-electron chi connectivity index (χ4n) is 1.94. The number of carbonyl (C=O) groups excluding carboxylic acids is 1. The summed E-state index contributed by atoms with van der Waals surface area (Å²) in [5.74, 6) is 0.737. The number of ether oxygens (including phenoxy) is 1. The number of carbonyl (C=O) groups is 1. The maximum atomic E-state index is 12.1. The molecule has 1 aromatic carbocycles. The number of hydrogen-bond donors (Lipinski definition) is 0. The maximum Gasteiger partial charge on any atom is 0.274 e. The summed E-state index contributed by atoms with van der Waals surface area (Å²) in [4.78, 5) is 13.7. The van der Waals surface area contributed by atoms with Gasteiger partial charge in [0.25, 0.3) is 5.91 Å². The number of rotatable bonds is 4. The number of methoxy groups -OCH3 is 1. The van der Waals surface area contributed by atoms with Crippen molar-refractivity contribution in [1.29, 1.82) is 0 Å². The number of nitrogens with zero attached hydrogens (tertiary/aromatic N) is 3. The van der Waals surface area contributed by atoms with Crippen LogP contribution in [-0.2, 0) is 7.05 Å². The summed E-state index contributed by atoms with van der Waals surface area (Å²) in [7, 11) is 5.24. The number of aromatic nitrogens is 2. The highest BCUT2D eigenvalue weighted by Crippen LogP contribution is 2.23. The van der Waals surface area contributed by atoms with Crippen molar-refractivity contribution in [2.75, 3.05) is 20.7 Å². The lowest BCUT2D eigenvalue weighted by Crippen LogP contribution is -2.26. The first-order valence-electron chi connectivity index (χ1n) is 6.50. The molecule has 0 spiro atoms. The zero-order valence-electron chi connectivity index (χ0n) is 12.3. The first-order chi connectivity index (χ1) is 9.56. The van der Waals surface area contributed by atoms with E-state index < -0.39 is 0 Å². The minimum Gasteiger partial charge on any atom is -0.497 e. The SMILES string of the molecule is CCN(C)C(=O)c1cc(-c2ccc(OC)cc2)n(C)n1. The fourth-order valence-corrected chi connectivity index (χ4v) is 1.94. The number of hydrogen-bond acceptors (Lipinski definition) is 3. The molecule has 20 heavy (non-hydrogen) atoms. The monoisotopic (exact) mass is 273 g/mol. The molecule has 1 amide bonds. The van der Waals surface area contributed by atoms with Crippen molar-refractivity contribution >= 4 is 5.91 Å². The van der Waals surface area contributed by atoms with Crippen molar-refractivity contribution in [3.63, 3.8) is 0 Å². The molecule has 0 aliphatic carbocycles. The Morgan fingerprint density at radius 1 is 1.35 bits per heavy atom. The predicted octanol–water partition coefficient (Wildman–Crippen LogP) is 2.19. The van der Waals surface area contributed by atoms with Crippen LogP contribution in [0.3, 0.4) is 0 Å². The highest BCUT2D eigenvalue weighted by atomic mass is 16.5. The summed E-state index contributed by atoms with van der Waals surface area (Å²) in [6, 6.07) is 9.50. The molecule has 1 aromatic heterocycles. The molecule has 0 fully saturated rings. The highest BCUT2D eigenvalue weighted by Gasteiger charge is 2.16. The standard InChI is InChI=1S/C15H19N3O2/c1-5-17(2)15(19)13-10-14(18(3)16-13)11-6-8-12(20-4)9-7-11/h6-10H,5H2,1-4H3. The summed E-state index contributed by atoms with van der Waals surface area (Å²) in [6.07, 6.45) is 0. The van der Waals surface area contributed by atoms with Gasteiger partial charge in [0.05, 0.1) is 12.8 Å². The molecule has 0 atom stereocenters. The Morgan fingerprint density at radius 2 is 2.00 bits per heavy atom. The van der Waals surface area contributed by atoms with Crippen LogP contribution in [0, 0.1) is 0 Å². The normalized spacial score (nSPS) is 10.4. The second kappa shape index (κ2) is 5.77. The van der Waals surface area contributed by atoms with Gasteiger partial charge in [-0.05, 0) is 37.3 Å². The molecule has 106 valence electrons. The molecular formula is C15H19N3O2. The molecule has 2 rings (SSSR count). The molecule has 0 unspecified atom stereocenters. The second-order valence-electron chi connectivity index (χ2n) is 4.59. The van der Waals surface area contributed by atoms with E-state index in [2.05, 4.69) is 5.10 Å². The lowest BCUT2D eigenvalue weighted by molar-refractivity contribution is 0.0796. The van der Waals surface area contributed by atoms with Crippen LogP contribution < -0.4 is 4.74 Å². The predicted molar refractivity (Wildman–Crippen MR) is 77.8 cm³/mol. The maximum absolute atomic E-state index is 12.1. The van der Waals surface area contributed by atoms with Crippen molar-refractivity contribution in [3.05, 3.63) is 36.0 Å². The summed E-state index contributed by atoms with van der Waals surface area (Å²) in [6.45, 7) is 2.60. The molecule has 0 N–H and O–H groups in total. The highest BCUT2D eigenvalue weighted by molar-refractivity contribution is 5.93. The third-order valence-corrected chi connectivity index (χ3v) is 3.31. The van der Waals surface area contributed by atoms with Crippen molar-refractivity contribution in [2.24, 2.45) is 7.05 Å². The minimum atomic E-state index is -0.0668. The van der Waals surface area contributed by atoms with Gasteiger partial charge in [-0.2, -0.15) is 5.10 Å². The van der Waals surface area contributed by atoms with Crippen LogP contribution in [0.5, 0.6) is 5.75 Å². The Kier molecular flexibility index (Phi) is 4.08. The Bertz CT molecular complexity index is 602. The van der Waals surface area contributed by atoms with Gasteiger partial charge in [0.2, 0.25) is 0 Å². The average molecular weight is 273 g/mol. The minimum absolute atomic E-state index is 0.0668. The van der Waals surface area contributed by atoms with Crippen molar-refractivity contribution in [1.82, 2.24) is 14.7 Å². The zero-order chi connectivity index (χ0) is 14.7. The van der Waals surface area contributed by atoms with Crippen molar-refractivity contribution < 1.29 is 9.53 Å². The quantitative estimate of drug-likeness (QED) is 0.858. The molecule has 0 aliphatic rings. The number of benzene rings is 1. The van der Waals surface area contributed by atoms with Gasteiger partial charge in [-0.25, -0.2) is 0 Å². The summed E-state index contributed by atoms with van der Waals surface area (Å²) in [5.41, 5.74) is 2.36. The van der Waals surface area contributed by atoms with E-state index in [0.717, 1.165) is 17.0 Å². The van der Waals surface area contributed by atoms with Gasteiger partial charge in [0, 0.05) is 26.2 Å². The van der Waals surface area contributed by atoms with Gasteiger partial charge in [0.15, 0.2) is 5.69 Å². The van der Waals surface area contributed by atoms with Gasteiger partial charge in [-0.15, -0.1) is 0 Å². The van der Waals surface area contributed by atoms with Gasteiger partial charge < -0.3 is 9.64 Å². The molecule has 0 saturated carbocycles. The van der Waals surface area contributed by atoms with Crippen LogP contribution in [0.15, 0.2) is 30.3 Å². The smallest absolute Gasteiger partial charge is 0.274 e. The number of amides is 1. The van der Waals surface area contributed by atoms with Crippen molar-refractivity contribution in [2.45, 2.75) is 6.92 Å². The van der Waals surface area contributed by atoms with Gasteiger partial charge >= 0.3 is 0 Å². The summed E-state index contributed by atoms with van der Waals surface area (Å²) < 4.78 is 6.86. The first kappa shape index (κ1) is 14.1. The third kappa shape index (κ3) is 2.66. The topological polar surface area (TPSA) is 47.4 Å². The van der Waals surface area contributed by atoms with Crippen molar-refractivity contribution in [3.8, 4) is 17.0 Å². The molecular weight excluding hydrogens is 254 g/mol. The van der Waals surface area contributed by atoms with Gasteiger partial charge in [-0.3, -0.25) is 9.48 Å². The zero-order valence-corrected chi connectivity index (χ0v) is 12.3. The van der Waals surface area contributed by atoms with E-state index in [0.29, 0.717) is 12.2 Å². The van der Waals surface area contributed by atoms with Gasteiger partial charge in [-0.1, -0.05) is 0 Å². The lowest BCUT2D eigenvalue weighted by atomic mass is 10.1. The van der Waals surface area contributed by atoms with E-state index in [-0.39, 0.29) is 5.91 Å². The molecule has 0 radical (unpaired) electrons. The van der Waals surface area contributed by atoms with Crippen LogP contribution in [0.4, 0.5) is 0 Å². The molecule has 2 aromatic rings. The van der Waals surface area contributed by atoms with Crippen LogP contribution in [0.1, 0.15) is 17.4 Å². The lowest BCUT2D eigenvalue weighted by Gasteiger charge is -2.11. The molecule has 5 nitrogen and oxygen atoms in total. The second-order valence-corrected chi connectivity index (χ2v) is 4.59. The molecule has 5 heteroatoms. The van der Waals surface area contributed by atoms with E-state index in [4.69, 9.17) is 4.74 Å². The van der Waals surface area contributed by atoms with Gasteiger partial charge in [0.1, 0.15) is 5.75 Å². The third-order valence-electron chi connectivity index (χ3n) is 3.31.